The molecule has 0 aliphatic carbocycles. The summed E-state index contributed by atoms with van der Waals surface area (Å²) in [6.07, 6.45) is 1.23. The fraction of sp³-hybridized carbons (Fsp3) is 0.917. The van der Waals surface area contributed by atoms with Gasteiger partial charge in [-0.1, -0.05) is 20.8 Å². The third kappa shape index (κ3) is 9.24. The fourth-order valence-electron chi connectivity index (χ4n) is 1.48. The molecule has 1 atom stereocenters. The number of carbonyl (C=O) groups excluding carboxylic acids is 1. The van der Waals surface area contributed by atoms with Crippen molar-refractivity contribution in [3.8, 4) is 0 Å². The first kappa shape index (κ1) is 21.0. The number of carbonyl (C=O) groups is 1. The Morgan fingerprint density at radius 2 is 1.84 bits per heavy atom. The van der Waals surface area contributed by atoms with Crippen molar-refractivity contribution in [2.24, 2.45) is 11.7 Å². The van der Waals surface area contributed by atoms with E-state index in [1.165, 1.54) is 4.90 Å². The average Bonchev–Trinajstić information content (AvgIpc) is 2.24. The van der Waals surface area contributed by atoms with Crippen LogP contribution in [0.2, 0.25) is 0 Å². The Kier molecular flexibility index (Phi) is 10.5. The molecule has 0 saturated heterocycles. The van der Waals surface area contributed by atoms with Crippen LogP contribution in [0.4, 0.5) is 0 Å². The summed E-state index contributed by atoms with van der Waals surface area (Å²) in [6, 6.07) is 0.0347. The molecule has 0 aliphatic rings. The van der Waals surface area contributed by atoms with Gasteiger partial charge in [0, 0.05) is 19.6 Å². The second-order valence-corrected chi connectivity index (χ2v) is 7.29. The lowest BCUT2D eigenvalue weighted by molar-refractivity contribution is -0.127. The van der Waals surface area contributed by atoms with Crippen molar-refractivity contribution in [3.05, 3.63) is 0 Å². The van der Waals surface area contributed by atoms with Crippen molar-refractivity contribution in [1.29, 1.82) is 0 Å². The van der Waals surface area contributed by atoms with Gasteiger partial charge in [0.1, 0.15) is 5.75 Å². The third-order valence-electron chi connectivity index (χ3n) is 2.94. The Morgan fingerprint density at radius 3 is 2.26 bits per heavy atom. The van der Waals surface area contributed by atoms with Crippen LogP contribution in [0, 0.1) is 5.92 Å². The van der Waals surface area contributed by atoms with Crippen molar-refractivity contribution in [1.82, 2.24) is 4.90 Å². The number of hydrogen-bond acceptors (Lipinski definition) is 4. The predicted molar refractivity (Wildman–Crippen MR) is 81.3 cm³/mol. The van der Waals surface area contributed by atoms with Gasteiger partial charge in [0.25, 0.3) is 0 Å². The van der Waals surface area contributed by atoms with E-state index in [4.69, 9.17) is 5.73 Å². The van der Waals surface area contributed by atoms with Crippen molar-refractivity contribution in [2.45, 2.75) is 39.7 Å². The van der Waals surface area contributed by atoms with Crippen LogP contribution < -0.4 is 5.73 Å². The minimum atomic E-state index is -3.25. The third-order valence-corrected chi connectivity index (χ3v) is 4.66. The second-order valence-electron chi connectivity index (χ2n) is 5.10. The maximum absolute atomic E-state index is 11.7. The lowest BCUT2D eigenvalue weighted by Gasteiger charge is -2.21. The van der Waals surface area contributed by atoms with Gasteiger partial charge in [-0.3, -0.25) is 4.79 Å². The summed E-state index contributed by atoms with van der Waals surface area (Å²) < 4.78 is 23.0. The molecule has 0 fully saturated rings. The Hall–Kier alpha value is -0.330. The molecule has 0 spiro atoms. The SMILES string of the molecule is CCCS(=O)(=O)CC(=O)N(C)CCC(N)C(C)C.Cl. The number of sulfone groups is 1. The van der Waals surface area contributed by atoms with E-state index in [0.29, 0.717) is 25.3 Å². The van der Waals surface area contributed by atoms with Gasteiger partial charge in [-0.2, -0.15) is 0 Å². The average molecular weight is 315 g/mol. The van der Waals surface area contributed by atoms with E-state index in [0.717, 1.165) is 0 Å². The second kappa shape index (κ2) is 9.55. The quantitative estimate of drug-likeness (QED) is 0.726. The zero-order valence-electron chi connectivity index (χ0n) is 12.3. The first-order valence-corrected chi connectivity index (χ1v) is 8.21. The number of nitrogens with zero attached hydrogens (tertiary/aromatic N) is 1. The van der Waals surface area contributed by atoms with Crippen LogP contribution in [0.5, 0.6) is 0 Å². The number of halogens is 1. The summed E-state index contributed by atoms with van der Waals surface area (Å²) in [5.74, 6) is -0.316. The smallest absolute Gasteiger partial charge is 0.237 e. The molecular formula is C12H27ClN2O3S. The van der Waals surface area contributed by atoms with E-state index in [2.05, 4.69) is 0 Å². The summed E-state index contributed by atoms with van der Waals surface area (Å²) >= 11 is 0. The maximum Gasteiger partial charge on any atom is 0.237 e. The first-order chi connectivity index (χ1) is 8.19. The molecule has 19 heavy (non-hydrogen) atoms. The zero-order chi connectivity index (χ0) is 14.3. The summed E-state index contributed by atoms with van der Waals surface area (Å²) in [7, 11) is -1.63. The molecule has 0 radical (unpaired) electrons. The van der Waals surface area contributed by atoms with Gasteiger partial charge >= 0.3 is 0 Å². The minimum absolute atomic E-state index is 0. The summed E-state index contributed by atoms with van der Waals surface area (Å²) in [6.45, 7) is 6.34. The first-order valence-electron chi connectivity index (χ1n) is 6.39. The molecule has 0 aromatic carbocycles. The van der Waals surface area contributed by atoms with Gasteiger partial charge in [0.05, 0.1) is 5.75 Å². The highest BCUT2D eigenvalue weighted by Gasteiger charge is 2.19. The number of amides is 1. The van der Waals surface area contributed by atoms with E-state index in [-0.39, 0.29) is 30.1 Å². The molecule has 116 valence electrons. The number of nitrogens with two attached hydrogens (primary N) is 1. The lowest BCUT2D eigenvalue weighted by Crippen LogP contribution is -2.37. The number of rotatable bonds is 8. The van der Waals surface area contributed by atoms with Gasteiger partial charge in [-0.05, 0) is 18.8 Å². The molecule has 0 heterocycles. The normalized spacial score (nSPS) is 12.9. The minimum Gasteiger partial charge on any atom is -0.345 e. The summed E-state index contributed by atoms with van der Waals surface area (Å²) in [5.41, 5.74) is 5.88. The molecule has 1 unspecified atom stereocenters. The van der Waals surface area contributed by atoms with Crippen molar-refractivity contribution >= 4 is 28.2 Å². The topological polar surface area (TPSA) is 80.5 Å². The lowest BCUT2D eigenvalue weighted by atomic mass is 10.0. The predicted octanol–water partition coefficient (Wildman–Crippen LogP) is 1.06. The van der Waals surface area contributed by atoms with Gasteiger partial charge in [-0.15, -0.1) is 12.4 Å². The van der Waals surface area contributed by atoms with E-state index in [1.54, 1.807) is 14.0 Å². The summed E-state index contributed by atoms with van der Waals surface area (Å²) in [4.78, 5) is 13.2. The monoisotopic (exact) mass is 314 g/mol. The van der Waals surface area contributed by atoms with Crippen LogP contribution in [-0.2, 0) is 14.6 Å². The molecule has 1 amide bonds. The Labute approximate surface area is 123 Å². The van der Waals surface area contributed by atoms with Crippen LogP contribution in [0.25, 0.3) is 0 Å². The number of hydrogen-bond donors (Lipinski definition) is 1. The van der Waals surface area contributed by atoms with Gasteiger partial charge in [0.15, 0.2) is 9.84 Å². The molecule has 0 saturated carbocycles. The molecule has 0 aliphatic heterocycles. The van der Waals surface area contributed by atoms with Crippen LogP contribution in [0.15, 0.2) is 0 Å². The Bertz CT molecular complexity index is 358. The zero-order valence-corrected chi connectivity index (χ0v) is 13.9. The fourth-order valence-corrected chi connectivity index (χ4v) is 2.85. The molecule has 0 aromatic heterocycles. The highest BCUT2D eigenvalue weighted by molar-refractivity contribution is 7.92. The van der Waals surface area contributed by atoms with Crippen LogP contribution >= 0.6 is 12.4 Å². The van der Waals surface area contributed by atoms with E-state index in [1.807, 2.05) is 13.8 Å². The maximum atomic E-state index is 11.7. The molecule has 7 heteroatoms. The summed E-state index contributed by atoms with van der Waals surface area (Å²) in [5, 5.41) is 0. The Balaban J connectivity index is 0. The van der Waals surface area contributed by atoms with Gasteiger partial charge < -0.3 is 10.6 Å². The van der Waals surface area contributed by atoms with Crippen molar-refractivity contribution in [2.75, 3.05) is 25.1 Å². The van der Waals surface area contributed by atoms with Gasteiger partial charge in [0.2, 0.25) is 5.91 Å². The molecule has 0 aromatic rings. The molecular weight excluding hydrogens is 288 g/mol. The molecule has 5 nitrogen and oxygen atoms in total. The standard InChI is InChI=1S/C12H26N2O3S.ClH/c1-5-8-18(16,17)9-12(15)14(4)7-6-11(13)10(2)3;/h10-11H,5-9,13H2,1-4H3;1H. The highest BCUT2D eigenvalue weighted by Crippen LogP contribution is 2.04. The van der Waals surface area contributed by atoms with E-state index in [9.17, 15) is 13.2 Å². The van der Waals surface area contributed by atoms with Crippen molar-refractivity contribution in [3.63, 3.8) is 0 Å². The molecule has 0 bridgehead atoms. The van der Waals surface area contributed by atoms with Crippen LogP contribution in [0.3, 0.4) is 0 Å². The molecule has 2 N–H and O–H groups in total. The van der Waals surface area contributed by atoms with Crippen LogP contribution in [-0.4, -0.2) is 50.4 Å². The van der Waals surface area contributed by atoms with Crippen molar-refractivity contribution < 1.29 is 13.2 Å². The van der Waals surface area contributed by atoms with E-state index >= 15 is 0 Å². The highest BCUT2D eigenvalue weighted by atomic mass is 35.5. The largest absolute Gasteiger partial charge is 0.345 e. The van der Waals surface area contributed by atoms with E-state index < -0.39 is 15.6 Å². The van der Waals surface area contributed by atoms with Crippen LogP contribution in [0.1, 0.15) is 33.6 Å². The Morgan fingerprint density at radius 1 is 1.32 bits per heavy atom. The van der Waals surface area contributed by atoms with Gasteiger partial charge in [-0.25, -0.2) is 8.42 Å². The molecule has 0 rings (SSSR count).